The zero-order valence-electron chi connectivity index (χ0n) is 11.8. The van der Waals surface area contributed by atoms with Crippen LogP contribution in [-0.2, 0) is 0 Å². The summed E-state index contributed by atoms with van der Waals surface area (Å²) < 4.78 is 1.47. The van der Waals surface area contributed by atoms with Gasteiger partial charge in [0.05, 0.1) is 6.54 Å². The number of fused-ring (bicyclic) bond motifs is 1. The van der Waals surface area contributed by atoms with Crippen LogP contribution in [0.15, 0.2) is 17.1 Å². The Balaban J connectivity index is 1.44. The number of aliphatic imine (C=N–C) groups is 1. The van der Waals surface area contributed by atoms with Crippen LogP contribution in [-0.4, -0.2) is 73.3 Å². The van der Waals surface area contributed by atoms with Crippen LogP contribution in [0.5, 0.6) is 0 Å². The molecule has 1 saturated heterocycles. The van der Waals surface area contributed by atoms with E-state index in [1.165, 1.54) is 9.80 Å². The number of amidine groups is 1. The second-order valence-electron chi connectivity index (χ2n) is 5.24. The van der Waals surface area contributed by atoms with E-state index in [9.17, 15) is 0 Å². The molecule has 0 aliphatic carbocycles. The minimum absolute atomic E-state index is 0.613. The van der Waals surface area contributed by atoms with Gasteiger partial charge in [-0.3, -0.25) is 4.99 Å². The van der Waals surface area contributed by atoms with Gasteiger partial charge in [0.2, 0.25) is 0 Å². The normalized spacial score (nSPS) is 22.9. The molecule has 1 fully saturated rings. The fourth-order valence-corrected chi connectivity index (χ4v) is 3.56. The highest BCUT2D eigenvalue weighted by Gasteiger charge is 2.25. The minimum Gasteiger partial charge on any atom is -0.352 e. The largest absolute Gasteiger partial charge is 0.352 e. The maximum Gasteiger partial charge on any atom is 0.200 e. The van der Waals surface area contributed by atoms with Crippen LogP contribution < -0.4 is 4.90 Å². The molecular weight excluding hydrogens is 288 g/mol. The van der Waals surface area contributed by atoms with Crippen LogP contribution in [0.1, 0.15) is 6.92 Å². The first-order valence-corrected chi connectivity index (χ1v) is 7.94. The Bertz CT molecular complexity index is 675. The van der Waals surface area contributed by atoms with E-state index >= 15 is 0 Å². The lowest BCUT2D eigenvalue weighted by molar-refractivity contribution is 0.390. The molecule has 2 aromatic heterocycles. The molecule has 21 heavy (non-hydrogen) atoms. The summed E-state index contributed by atoms with van der Waals surface area (Å²) in [5, 5.41) is 17.6. The molecule has 9 heteroatoms. The fraction of sp³-hybridized carbons (Fsp3) is 0.583. The number of hydrogen-bond acceptors (Lipinski definition) is 8. The third kappa shape index (κ3) is 2.41. The number of anilines is 1. The van der Waals surface area contributed by atoms with E-state index < -0.39 is 0 Å². The first-order valence-electron chi connectivity index (χ1n) is 7.06. The van der Waals surface area contributed by atoms with Crippen molar-refractivity contribution in [3.63, 3.8) is 0 Å². The number of piperazine rings is 1. The number of tetrazole rings is 1. The second-order valence-corrected chi connectivity index (χ2v) is 6.65. The molecule has 1 atom stereocenters. The monoisotopic (exact) mass is 304 g/mol. The molecule has 0 spiro atoms. The molecule has 1 unspecified atom stereocenters. The molecule has 0 amide bonds. The van der Waals surface area contributed by atoms with E-state index in [1.54, 1.807) is 0 Å². The molecule has 2 aromatic rings. The first-order chi connectivity index (χ1) is 10.3. The zero-order valence-corrected chi connectivity index (χ0v) is 12.6. The fourth-order valence-electron chi connectivity index (χ4n) is 2.57. The van der Waals surface area contributed by atoms with Gasteiger partial charge in [0, 0.05) is 31.4 Å². The summed E-state index contributed by atoms with van der Waals surface area (Å²) in [7, 11) is 0. The summed E-state index contributed by atoms with van der Waals surface area (Å²) in [4.78, 5) is 9.25. The Morgan fingerprint density at radius 2 is 1.95 bits per heavy atom. The van der Waals surface area contributed by atoms with Crippen molar-refractivity contribution in [2.24, 2.45) is 4.99 Å². The topological polar surface area (TPSA) is 74.8 Å². The molecular formula is C12H16N8S. The van der Waals surface area contributed by atoms with Gasteiger partial charge in [-0.15, -0.1) is 14.8 Å². The third-order valence-electron chi connectivity index (χ3n) is 3.72. The summed E-state index contributed by atoms with van der Waals surface area (Å²) in [5.74, 6) is 0.920. The lowest BCUT2D eigenvalue weighted by Crippen LogP contribution is -2.48. The number of rotatable bonds is 1. The maximum atomic E-state index is 4.61. The van der Waals surface area contributed by atoms with E-state index in [-0.39, 0.29) is 0 Å². The van der Waals surface area contributed by atoms with E-state index in [1.807, 2.05) is 23.9 Å². The number of hydrogen-bond donors (Lipinski definition) is 0. The molecule has 0 saturated carbocycles. The van der Waals surface area contributed by atoms with Gasteiger partial charge in [-0.25, -0.2) is 0 Å². The van der Waals surface area contributed by atoms with E-state index in [0.717, 1.165) is 38.5 Å². The van der Waals surface area contributed by atoms with Crippen molar-refractivity contribution in [3.8, 4) is 0 Å². The highest BCUT2D eigenvalue weighted by atomic mass is 32.2. The number of aromatic nitrogens is 5. The Hall–Kier alpha value is -1.90. The van der Waals surface area contributed by atoms with Crippen LogP contribution in [0.2, 0.25) is 0 Å². The molecule has 0 radical (unpaired) electrons. The van der Waals surface area contributed by atoms with Crippen LogP contribution in [0.3, 0.4) is 0 Å². The molecule has 110 valence electrons. The van der Waals surface area contributed by atoms with Gasteiger partial charge < -0.3 is 9.80 Å². The zero-order chi connectivity index (χ0) is 14.2. The maximum absolute atomic E-state index is 4.61. The van der Waals surface area contributed by atoms with Gasteiger partial charge in [-0.2, -0.15) is 0 Å². The number of nitrogens with zero attached hydrogens (tertiary/aromatic N) is 8. The van der Waals surface area contributed by atoms with E-state index in [4.69, 9.17) is 0 Å². The summed E-state index contributed by atoms with van der Waals surface area (Å²) in [6.45, 7) is 7.01. The third-order valence-corrected chi connectivity index (χ3v) is 4.87. The Morgan fingerprint density at radius 3 is 2.71 bits per heavy atom. The van der Waals surface area contributed by atoms with Crippen molar-refractivity contribution in [1.82, 2.24) is 30.2 Å². The van der Waals surface area contributed by atoms with Crippen molar-refractivity contribution < 1.29 is 0 Å². The van der Waals surface area contributed by atoms with Gasteiger partial charge in [0.1, 0.15) is 0 Å². The number of thioether (sulfide) groups is 1. The molecule has 0 aromatic carbocycles. The molecule has 2 aliphatic rings. The van der Waals surface area contributed by atoms with Gasteiger partial charge in [0.15, 0.2) is 16.6 Å². The molecule has 2 aliphatic heterocycles. The minimum atomic E-state index is 0.613. The lowest BCUT2D eigenvalue weighted by Gasteiger charge is -2.36. The lowest BCUT2D eigenvalue weighted by atomic mass is 10.3. The van der Waals surface area contributed by atoms with Crippen molar-refractivity contribution in [2.45, 2.75) is 12.2 Å². The van der Waals surface area contributed by atoms with Crippen molar-refractivity contribution >= 4 is 28.4 Å². The van der Waals surface area contributed by atoms with Crippen LogP contribution in [0.4, 0.5) is 5.82 Å². The van der Waals surface area contributed by atoms with Crippen LogP contribution in [0, 0.1) is 0 Å². The van der Waals surface area contributed by atoms with Crippen molar-refractivity contribution in [1.29, 1.82) is 0 Å². The smallest absolute Gasteiger partial charge is 0.200 e. The highest BCUT2D eigenvalue weighted by Crippen LogP contribution is 2.24. The average molecular weight is 304 g/mol. The average Bonchev–Trinajstić information content (AvgIpc) is 3.15. The summed E-state index contributed by atoms with van der Waals surface area (Å²) in [6.07, 6.45) is 0. The summed E-state index contributed by atoms with van der Waals surface area (Å²) in [6, 6.07) is 3.87. The quantitative estimate of drug-likeness (QED) is 0.741. The molecule has 4 rings (SSSR count). The van der Waals surface area contributed by atoms with Gasteiger partial charge in [-0.05, 0) is 22.6 Å². The van der Waals surface area contributed by atoms with Crippen molar-refractivity contribution in [3.05, 3.63) is 12.1 Å². The molecule has 8 nitrogen and oxygen atoms in total. The predicted octanol–water partition coefficient (Wildman–Crippen LogP) is 0.133. The SMILES string of the molecule is CC1CN=C(N2CCN(c3ccc4nnnn4n3)CC2)S1. The van der Waals surface area contributed by atoms with E-state index in [0.29, 0.717) is 10.9 Å². The summed E-state index contributed by atoms with van der Waals surface area (Å²) >= 11 is 1.88. The molecule has 0 N–H and O–H groups in total. The standard InChI is InChI=1S/C12H16N8S/c1-9-8-13-12(21-9)19-6-4-18(5-7-19)11-3-2-10-14-16-17-20(10)15-11/h2-3,9H,4-8H2,1H3. The Labute approximate surface area is 126 Å². The summed E-state index contributed by atoms with van der Waals surface area (Å²) in [5.41, 5.74) is 0.670. The van der Waals surface area contributed by atoms with Gasteiger partial charge in [-0.1, -0.05) is 18.7 Å². The Morgan fingerprint density at radius 1 is 1.14 bits per heavy atom. The highest BCUT2D eigenvalue weighted by molar-refractivity contribution is 8.14. The molecule has 0 bridgehead atoms. The molecule has 4 heterocycles. The predicted molar refractivity (Wildman–Crippen MR) is 81.7 cm³/mol. The van der Waals surface area contributed by atoms with Crippen molar-refractivity contribution in [2.75, 3.05) is 37.6 Å². The van der Waals surface area contributed by atoms with Gasteiger partial charge in [0.25, 0.3) is 0 Å². The second kappa shape index (κ2) is 5.14. The first kappa shape index (κ1) is 12.8. The van der Waals surface area contributed by atoms with Crippen LogP contribution in [0.25, 0.3) is 5.65 Å². The van der Waals surface area contributed by atoms with E-state index in [2.05, 4.69) is 42.3 Å². The van der Waals surface area contributed by atoms with Gasteiger partial charge >= 0.3 is 0 Å². The Kier molecular flexibility index (Phi) is 3.13. The van der Waals surface area contributed by atoms with Crippen LogP contribution >= 0.6 is 11.8 Å².